The van der Waals surface area contributed by atoms with E-state index in [1.54, 1.807) is 24.3 Å². The number of hydrogen-bond acceptors (Lipinski definition) is 6. The lowest BCUT2D eigenvalue weighted by atomic mass is 10.2. The van der Waals surface area contributed by atoms with Gasteiger partial charge >= 0.3 is 6.72 Å². The van der Waals surface area contributed by atoms with Crippen LogP contribution in [0.1, 0.15) is 19.4 Å². The van der Waals surface area contributed by atoms with Gasteiger partial charge < -0.3 is 9.73 Å². The predicted octanol–water partition coefficient (Wildman–Crippen LogP) is 3.04. The van der Waals surface area contributed by atoms with Gasteiger partial charge in [-0.3, -0.25) is 9.05 Å². The molecule has 1 aromatic carbocycles. The lowest BCUT2D eigenvalue weighted by Gasteiger charge is -2.16. The van der Waals surface area contributed by atoms with Crippen molar-refractivity contribution in [2.24, 2.45) is 5.16 Å². The van der Waals surface area contributed by atoms with Gasteiger partial charge in [0.15, 0.2) is 0 Å². The van der Waals surface area contributed by atoms with Crippen LogP contribution < -0.4 is 0 Å². The Morgan fingerprint density at radius 2 is 1.78 bits per heavy atom. The normalized spacial score (nSPS) is 11.9. The van der Waals surface area contributed by atoms with Crippen molar-refractivity contribution in [3.63, 3.8) is 0 Å². The van der Waals surface area contributed by atoms with Crippen molar-refractivity contribution < 1.29 is 18.8 Å². The summed E-state index contributed by atoms with van der Waals surface area (Å²) in [5.41, 5.74) is 0.780. The summed E-state index contributed by atoms with van der Waals surface area (Å²) in [4.78, 5) is 0. The highest BCUT2D eigenvalue weighted by molar-refractivity contribution is 8.07. The number of phenols is 1. The summed E-state index contributed by atoms with van der Waals surface area (Å²) < 4.78 is 15.6. The van der Waals surface area contributed by atoms with E-state index in [2.05, 4.69) is 5.16 Å². The first-order valence-electron chi connectivity index (χ1n) is 5.50. The number of hydrogen-bond donors (Lipinski definition) is 1. The second-order valence-electron chi connectivity index (χ2n) is 3.19. The molecule has 0 aliphatic rings. The van der Waals surface area contributed by atoms with Gasteiger partial charge in [0.1, 0.15) is 5.75 Å². The highest BCUT2D eigenvalue weighted by Crippen LogP contribution is 2.49. The molecular formula is C11H16NO4PS. The Balaban J connectivity index is 2.61. The lowest BCUT2D eigenvalue weighted by molar-refractivity contribution is 0.172. The molecule has 0 atom stereocenters. The smallest absolute Gasteiger partial charge is 0.402 e. The summed E-state index contributed by atoms with van der Waals surface area (Å²) in [5.74, 6) is 0.196. The van der Waals surface area contributed by atoms with Gasteiger partial charge in [-0.2, -0.15) is 0 Å². The molecule has 1 aromatic rings. The zero-order valence-corrected chi connectivity index (χ0v) is 12.0. The van der Waals surface area contributed by atoms with Crippen LogP contribution in [-0.4, -0.2) is 24.5 Å². The largest absolute Gasteiger partial charge is 0.508 e. The van der Waals surface area contributed by atoms with E-state index in [1.807, 2.05) is 13.8 Å². The maximum atomic E-state index is 9.12. The molecular weight excluding hydrogens is 273 g/mol. The van der Waals surface area contributed by atoms with Gasteiger partial charge in [0.05, 0.1) is 19.4 Å². The SMILES string of the molecule is CCOP(=S)(OCC)ON=Cc1ccc(O)cc1. The summed E-state index contributed by atoms with van der Waals surface area (Å²) in [6, 6.07) is 6.52. The number of rotatable bonds is 7. The quantitative estimate of drug-likeness (QED) is 0.475. The molecule has 18 heavy (non-hydrogen) atoms. The van der Waals surface area contributed by atoms with Crippen LogP contribution in [0.2, 0.25) is 0 Å². The molecule has 0 bridgehead atoms. The third-order valence-electron chi connectivity index (χ3n) is 1.82. The molecule has 1 N–H and O–H groups in total. The van der Waals surface area contributed by atoms with E-state index in [4.69, 9.17) is 30.6 Å². The van der Waals surface area contributed by atoms with Crippen molar-refractivity contribution in [1.29, 1.82) is 0 Å². The first kappa shape index (κ1) is 15.1. The lowest BCUT2D eigenvalue weighted by Crippen LogP contribution is -1.96. The van der Waals surface area contributed by atoms with Crippen LogP contribution in [0.4, 0.5) is 0 Å². The van der Waals surface area contributed by atoms with E-state index in [0.717, 1.165) is 5.56 Å². The summed E-state index contributed by atoms with van der Waals surface area (Å²) in [7, 11) is 0. The number of nitrogens with zero attached hydrogens (tertiary/aromatic N) is 1. The predicted molar refractivity (Wildman–Crippen MR) is 74.3 cm³/mol. The molecule has 0 heterocycles. The van der Waals surface area contributed by atoms with Crippen LogP contribution in [-0.2, 0) is 25.5 Å². The van der Waals surface area contributed by atoms with Gasteiger partial charge in [-0.15, -0.1) is 0 Å². The Kier molecular flexibility index (Phi) is 6.29. The fourth-order valence-electron chi connectivity index (χ4n) is 1.10. The van der Waals surface area contributed by atoms with Gasteiger partial charge in [0, 0.05) is 11.8 Å². The Morgan fingerprint density at radius 3 is 2.28 bits per heavy atom. The molecule has 0 spiro atoms. The first-order valence-corrected chi connectivity index (χ1v) is 8.05. The Bertz CT molecular complexity index is 425. The van der Waals surface area contributed by atoms with Gasteiger partial charge in [0.2, 0.25) is 0 Å². The Hall–Kier alpha value is -0.940. The summed E-state index contributed by atoms with van der Waals surface area (Å²) in [6.45, 7) is 1.66. The molecule has 0 aromatic heterocycles. The van der Waals surface area contributed by atoms with Crippen molar-refractivity contribution in [3.8, 4) is 5.75 Å². The third kappa shape index (κ3) is 5.14. The second kappa shape index (κ2) is 7.48. The molecule has 5 nitrogen and oxygen atoms in total. The molecule has 0 saturated carbocycles. The fourth-order valence-corrected chi connectivity index (χ4v) is 2.81. The highest BCUT2D eigenvalue weighted by Gasteiger charge is 2.20. The second-order valence-corrected chi connectivity index (χ2v) is 6.11. The van der Waals surface area contributed by atoms with E-state index in [1.165, 1.54) is 6.21 Å². The minimum absolute atomic E-state index is 0.196. The first-order chi connectivity index (χ1) is 8.59. The van der Waals surface area contributed by atoms with Crippen molar-refractivity contribution in [3.05, 3.63) is 29.8 Å². The molecule has 0 saturated heterocycles. The average Bonchev–Trinajstić information content (AvgIpc) is 2.32. The van der Waals surface area contributed by atoms with E-state index in [9.17, 15) is 0 Å². The van der Waals surface area contributed by atoms with Crippen LogP contribution in [0, 0.1) is 0 Å². The van der Waals surface area contributed by atoms with Crippen molar-refractivity contribution >= 4 is 24.7 Å². The van der Waals surface area contributed by atoms with Crippen LogP contribution in [0.5, 0.6) is 5.75 Å². The Morgan fingerprint density at radius 1 is 1.22 bits per heavy atom. The molecule has 7 heteroatoms. The number of phenolic OH excluding ortho intramolecular Hbond substituents is 1. The molecule has 0 amide bonds. The van der Waals surface area contributed by atoms with Crippen molar-refractivity contribution in [1.82, 2.24) is 0 Å². The minimum atomic E-state index is -2.78. The van der Waals surface area contributed by atoms with Gasteiger partial charge in [0.25, 0.3) is 0 Å². The van der Waals surface area contributed by atoms with E-state index in [0.29, 0.717) is 13.2 Å². The maximum Gasteiger partial charge on any atom is 0.402 e. The number of benzene rings is 1. The van der Waals surface area contributed by atoms with Crippen LogP contribution in [0.15, 0.2) is 29.4 Å². The van der Waals surface area contributed by atoms with Crippen molar-refractivity contribution in [2.75, 3.05) is 13.2 Å². The monoisotopic (exact) mass is 289 g/mol. The fraction of sp³-hybridized carbons (Fsp3) is 0.364. The van der Waals surface area contributed by atoms with Gasteiger partial charge in [-0.25, -0.2) is 0 Å². The summed E-state index contributed by atoms with van der Waals surface area (Å²) in [6.07, 6.45) is 1.48. The molecule has 0 radical (unpaired) electrons. The van der Waals surface area contributed by atoms with E-state index >= 15 is 0 Å². The van der Waals surface area contributed by atoms with Crippen molar-refractivity contribution in [2.45, 2.75) is 13.8 Å². The molecule has 0 unspecified atom stereocenters. The third-order valence-corrected chi connectivity index (χ3v) is 4.09. The van der Waals surface area contributed by atoms with Crippen LogP contribution >= 0.6 is 6.72 Å². The molecule has 0 aliphatic carbocycles. The molecule has 0 aliphatic heterocycles. The van der Waals surface area contributed by atoms with Gasteiger partial charge in [-0.05, 0) is 43.7 Å². The van der Waals surface area contributed by atoms with E-state index in [-0.39, 0.29) is 5.75 Å². The number of aromatic hydroxyl groups is 1. The van der Waals surface area contributed by atoms with Crippen LogP contribution in [0.3, 0.4) is 0 Å². The molecule has 100 valence electrons. The summed E-state index contributed by atoms with van der Waals surface area (Å²) in [5, 5.41) is 12.9. The average molecular weight is 289 g/mol. The zero-order valence-electron chi connectivity index (χ0n) is 10.3. The highest BCUT2D eigenvalue weighted by atomic mass is 32.5. The van der Waals surface area contributed by atoms with Gasteiger partial charge in [-0.1, -0.05) is 5.16 Å². The van der Waals surface area contributed by atoms with Crippen LogP contribution in [0.25, 0.3) is 0 Å². The molecule has 1 rings (SSSR count). The Labute approximate surface area is 112 Å². The summed E-state index contributed by atoms with van der Waals surface area (Å²) >= 11 is 5.13. The van der Waals surface area contributed by atoms with E-state index < -0.39 is 6.72 Å². The topological polar surface area (TPSA) is 60.3 Å². The number of oxime groups is 1. The minimum Gasteiger partial charge on any atom is -0.508 e. The standard InChI is InChI=1S/C11H16NO4PS/c1-3-14-17(18,15-4-2)16-12-9-10-5-7-11(13)8-6-10/h5-9,13H,3-4H2,1-2H3. The molecule has 0 fully saturated rings. The maximum absolute atomic E-state index is 9.12. The zero-order chi connectivity index (χ0) is 13.4.